The molecule has 0 amide bonds. The first-order chi connectivity index (χ1) is 9.36. The van der Waals surface area contributed by atoms with E-state index in [9.17, 15) is 0 Å². The van der Waals surface area contributed by atoms with Gasteiger partial charge < -0.3 is 5.32 Å². The number of hydrogen-bond donors (Lipinski definition) is 1. The Morgan fingerprint density at radius 2 is 2.37 bits per heavy atom. The van der Waals surface area contributed by atoms with Crippen LogP contribution in [0.4, 0.5) is 0 Å². The van der Waals surface area contributed by atoms with Gasteiger partial charge in [0.2, 0.25) is 0 Å². The van der Waals surface area contributed by atoms with Gasteiger partial charge in [0.05, 0.1) is 16.7 Å². The first-order valence-electron chi connectivity index (χ1n) is 6.98. The van der Waals surface area contributed by atoms with Crippen LogP contribution in [0.5, 0.6) is 0 Å². The lowest BCUT2D eigenvalue weighted by atomic mass is 9.98. The van der Waals surface area contributed by atoms with E-state index in [1.165, 1.54) is 34.8 Å². The van der Waals surface area contributed by atoms with Crippen LogP contribution in [0.1, 0.15) is 47.1 Å². The summed E-state index contributed by atoms with van der Waals surface area (Å²) in [6.07, 6.45) is 6.39. The minimum absolute atomic E-state index is 0.461. The number of rotatable bonds is 4. The van der Waals surface area contributed by atoms with Crippen molar-refractivity contribution >= 4 is 11.3 Å². The molecule has 1 N–H and O–H groups in total. The van der Waals surface area contributed by atoms with E-state index in [0.717, 1.165) is 18.7 Å². The SMILES string of the molecule is CCNC1CCCc2sc(Cc3ccccn3)nc21. The molecule has 0 spiro atoms. The summed E-state index contributed by atoms with van der Waals surface area (Å²) >= 11 is 1.87. The fraction of sp³-hybridized carbons (Fsp3) is 0.467. The van der Waals surface area contributed by atoms with Gasteiger partial charge in [-0.3, -0.25) is 4.98 Å². The first-order valence-corrected chi connectivity index (χ1v) is 7.80. The molecule has 0 bridgehead atoms. The van der Waals surface area contributed by atoms with Gasteiger partial charge in [-0.15, -0.1) is 11.3 Å². The maximum atomic E-state index is 4.86. The number of nitrogens with one attached hydrogen (secondary N) is 1. The van der Waals surface area contributed by atoms with Crippen LogP contribution in [0.2, 0.25) is 0 Å². The van der Waals surface area contributed by atoms with Crippen LogP contribution in [0.25, 0.3) is 0 Å². The van der Waals surface area contributed by atoms with Gasteiger partial charge in [-0.2, -0.15) is 0 Å². The summed E-state index contributed by atoms with van der Waals surface area (Å²) in [6.45, 7) is 3.17. The van der Waals surface area contributed by atoms with Crippen LogP contribution in [-0.4, -0.2) is 16.5 Å². The molecule has 100 valence electrons. The van der Waals surface area contributed by atoms with E-state index in [0.29, 0.717) is 6.04 Å². The molecule has 2 aromatic heterocycles. The number of fused-ring (bicyclic) bond motifs is 1. The highest BCUT2D eigenvalue weighted by molar-refractivity contribution is 7.11. The first kappa shape index (κ1) is 12.8. The molecule has 3 rings (SSSR count). The van der Waals surface area contributed by atoms with Gasteiger partial charge in [0.1, 0.15) is 0 Å². The van der Waals surface area contributed by atoms with E-state index in [1.54, 1.807) is 0 Å². The molecule has 0 aromatic carbocycles. The Balaban J connectivity index is 1.81. The zero-order chi connectivity index (χ0) is 13.1. The Hall–Kier alpha value is -1.26. The lowest BCUT2D eigenvalue weighted by Crippen LogP contribution is -2.24. The van der Waals surface area contributed by atoms with E-state index in [-0.39, 0.29) is 0 Å². The Morgan fingerprint density at radius 1 is 1.42 bits per heavy atom. The highest BCUT2D eigenvalue weighted by Gasteiger charge is 2.23. The molecule has 1 unspecified atom stereocenters. The van der Waals surface area contributed by atoms with Crippen LogP contribution in [0.15, 0.2) is 24.4 Å². The second-order valence-corrected chi connectivity index (χ2v) is 6.08. The number of aromatic nitrogens is 2. The van der Waals surface area contributed by atoms with E-state index < -0.39 is 0 Å². The molecule has 0 aliphatic heterocycles. The van der Waals surface area contributed by atoms with Crippen molar-refractivity contribution in [1.29, 1.82) is 0 Å². The van der Waals surface area contributed by atoms with E-state index in [1.807, 2.05) is 29.7 Å². The molecule has 0 saturated carbocycles. The van der Waals surface area contributed by atoms with E-state index >= 15 is 0 Å². The van der Waals surface area contributed by atoms with Crippen LogP contribution < -0.4 is 5.32 Å². The summed E-state index contributed by atoms with van der Waals surface area (Å²) in [6, 6.07) is 6.53. The molecule has 3 nitrogen and oxygen atoms in total. The zero-order valence-corrected chi connectivity index (χ0v) is 12.0. The predicted octanol–water partition coefficient (Wildman–Crippen LogP) is 3.12. The van der Waals surface area contributed by atoms with Gasteiger partial charge >= 0.3 is 0 Å². The molecule has 0 fully saturated rings. The zero-order valence-electron chi connectivity index (χ0n) is 11.2. The third-order valence-corrected chi connectivity index (χ3v) is 4.64. The number of hydrogen-bond acceptors (Lipinski definition) is 4. The lowest BCUT2D eigenvalue weighted by Gasteiger charge is -2.21. The summed E-state index contributed by atoms with van der Waals surface area (Å²) < 4.78 is 0. The molecule has 1 aliphatic carbocycles. The Morgan fingerprint density at radius 3 is 3.16 bits per heavy atom. The van der Waals surface area contributed by atoms with Crippen LogP contribution >= 0.6 is 11.3 Å². The van der Waals surface area contributed by atoms with Crippen molar-refractivity contribution in [3.05, 3.63) is 45.7 Å². The molecule has 19 heavy (non-hydrogen) atoms. The van der Waals surface area contributed by atoms with Gasteiger partial charge in [-0.05, 0) is 37.9 Å². The average molecular weight is 273 g/mol. The number of thiazole rings is 1. The third kappa shape index (κ3) is 2.85. The van der Waals surface area contributed by atoms with Crippen LogP contribution in [-0.2, 0) is 12.8 Å². The highest BCUT2D eigenvalue weighted by Crippen LogP contribution is 2.33. The summed E-state index contributed by atoms with van der Waals surface area (Å²) in [5.41, 5.74) is 2.40. The molecule has 0 radical (unpaired) electrons. The number of pyridine rings is 1. The average Bonchev–Trinajstić information content (AvgIpc) is 2.84. The van der Waals surface area contributed by atoms with Crippen molar-refractivity contribution in [3.63, 3.8) is 0 Å². The Bertz CT molecular complexity index is 536. The predicted molar refractivity (Wildman–Crippen MR) is 78.5 cm³/mol. The van der Waals surface area contributed by atoms with Gasteiger partial charge in [-0.25, -0.2) is 4.98 Å². The Labute approximate surface area is 118 Å². The topological polar surface area (TPSA) is 37.8 Å². The molecule has 2 heterocycles. The minimum Gasteiger partial charge on any atom is -0.309 e. The summed E-state index contributed by atoms with van der Waals surface area (Å²) in [5.74, 6) is 0. The Kier molecular flexibility index (Phi) is 3.89. The molecule has 1 aliphatic rings. The smallest absolute Gasteiger partial charge is 0.0991 e. The maximum Gasteiger partial charge on any atom is 0.0991 e. The number of aryl methyl sites for hydroxylation is 1. The standard InChI is InChI=1S/C15H19N3S/c1-2-16-12-7-5-8-13-15(12)18-14(19-13)10-11-6-3-4-9-17-11/h3-4,6,9,12,16H,2,5,7-8,10H2,1H3. The van der Waals surface area contributed by atoms with Crippen molar-refractivity contribution in [3.8, 4) is 0 Å². The van der Waals surface area contributed by atoms with Crippen molar-refractivity contribution in [2.75, 3.05) is 6.54 Å². The second-order valence-electron chi connectivity index (χ2n) is 4.92. The van der Waals surface area contributed by atoms with Crippen LogP contribution in [0.3, 0.4) is 0 Å². The van der Waals surface area contributed by atoms with Crippen molar-refractivity contribution < 1.29 is 0 Å². The number of nitrogens with zero attached hydrogens (tertiary/aromatic N) is 2. The van der Waals surface area contributed by atoms with Gasteiger partial charge in [-0.1, -0.05) is 13.0 Å². The second kappa shape index (κ2) is 5.80. The molecule has 2 aromatic rings. The van der Waals surface area contributed by atoms with E-state index in [4.69, 9.17) is 4.98 Å². The molecule has 1 atom stereocenters. The summed E-state index contributed by atoms with van der Waals surface area (Å²) in [4.78, 5) is 10.7. The minimum atomic E-state index is 0.461. The normalized spacial score (nSPS) is 18.3. The molecular weight excluding hydrogens is 254 g/mol. The maximum absolute atomic E-state index is 4.86. The third-order valence-electron chi connectivity index (χ3n) is 3.51. The quantitative estimate of drug-likeness (QED) is 0.930. The molecule has 4 heteroatoms. The summed E-state index contributed by atoms with van der Waals surface area (Å²) in [5, 5.41) is 4.75. The van der Waals surface area contributed by atoms with Gasteiger partial charge in [0.25, 0.3) is 0 Å². The lowest BCUT2D eigenvalue weighted by molar-refractivity contribution is 0.465. The molecule has 0 saturated heterocycles. The highest BCUT2D eigenvalue weighted by atomic mass is 32.1. The fourth-order valence-electron chi connectivity index (χ4n) is 2.65. The van der Waals surface area contributed by atoms with Crippen molar-refractivity contribution in [1.82, 2.24) is 15.3 Å². The largest absolute Gasteiger partial charge is 0.309 e. The van der Waals surface area contributed by atoms with Gasteiger partial charge in [0.15, 0.2) is 0 Å². The molecular formula is C15H19N3S. The monoisotopic (exact) mass is 273 g/mol. The van der Waals surface area contributed by atoms with Gasteiger partial charge in [0, 0.05) is 23.2 Å². The van der Waals surface area contributed by atoms with Crippen molar-refractivity contribution in [2.24, 2.45) is 0 Å². The van der Waals surface area contributed by atoms with Crippen molar-refractivity contribution in [2.45, 2.75) is 38.6 Å². The summed E-state index contributed by atoms with van der Waals surface area (Å²) in [7, 11) is 0. The fourth-order valence-corrected chi connectivity index (χ4v) is 3.83. The van der Waals surface area contributed by atoms with E-state index in [2.05, 4.69) is 23.3 Å². The van der Waals surface area contributed by atoms with Crippen LogP contribution in [0, 0.1) is 0 Å².